The van der Waals surface area contributed by atoms with Crippen LogP contribution in [0.1, 0.15) is 16.1 Å². The molecule has 0 bridgehead atoms. The molecule has 2 aromatic rings. The third-order valence-corrected chi connectivity index (χ3v) is 6.50. The van der Waals surface area contributed by atoms with Crippen LogP contribution in [0, 0.1) is 0 Å². The van der Waals surface area contributed by atoms with Crippen LogP contribution in [0.4, 0.5) is 4.79 Å². The zero-order chi connectivity index (χ0) is 23.8. The summed E-state index contributed by atoms with van der Waals surface area (Å²) in [6, 6.07) is 6.26. The number of urea groups is 1. The van der Waals surface area contributed by atoms with Crippen LogP contribution < -0.4 is 15.4 Å². The molecule has 0 unspecified atom stereocenters. The van der Waals surface area contributed by atoms with Gasteiger partial charge in [0.15, 0.2) is 6.61 Å². The van der Waals surface area contributed by atoms with Crippen molar-refractivity contribution in [2.75, 3.05) is 40.0 Å². The second-order valence-electron chi connectivity index (χ2n) is 6.77. The zero-order valence-electron chi connectivity index (χ0n) is 17.7. The minimum absolute atomic E-state index is 0.0593. The molecule has 2 N–H and O–H groups in total. The van der Waals surface area contributed by atoms with Gasteiger partial charge in [-0.05, 0) is 30.3 Å². The van der Waals surface area contributed by atoms with Crippen LogP contribution >= 0.6 is 0 Å². The summed E-state index contributed by atoms with van der Waals surface area (Å²) in [5, 5.41) is 4.41. The molecule has 0 radical (unpaired) electrons. The van der Waals surface area contributed by atoms with Gasteiger partial charge in [-0.2, -0.15) is 4.31 Å². The van der Waals surface area contributed by atoms with Crippen molar-refractivity contribution in [1.29, 1.82) is 0 Å². The molecule has 0 spiro atoms. The van der Waals surface area contributed by atoms with Crippen molar-refractivity contribution in [3.63, 3.8) is 0 Å². The summed E-state index contributed by atoms with van der Waals surface area (Å²) < 4.78 is 47.5. The van der Waals surface area contributed by atoms with Gasteiger partial charge in [0.1, 0.15) is 16.4 Å². The first kappa shape index (κ1) is 24.2. The molecule has 2 heterocycles. The number of hydrogen-bond acceptors (Lipinski definition) is 9. The van der Waals surface area contributed by atoms with E-state index < -0.39 is 34.5 Å². The fourth-order valence-electron chi connectivity index (χ4n) is 2.93. The average molecular weight is 481 g/mol. The predicted octanol–water partition coefficient (Wildman–Crippen LogP) is 0.492. The number of nitrogens with one attached hydrogen (secondary N) is 2. The molecule has 13 heteroatoms. The van der Waals surface area contributed by atoms with Crippen LogP contribution in [0.3, 0.4) is 0 Å². The van der Waals surface area contributed by atoms with Gasteiger partial charge >= 0.3 is 12.0 Å². The quantitative estimate of drug-likeness (QED) is 0.513. The van der Waals surface area contributed by atoms with E-state index in [4.69, 9.17) is 18.6 Å². The van der Waals surface area contributed by atoms with E-state index in [-0.39, 0.29) is 49.1 Å². The zero-order valence-corrected chi connectivity index (χ0v) is 18.6. The third kappa shape index (κ3) is 6.31. The van der Waals surface area contributed by atoms with E-state index in [9.17, 15) is 22.8 Å². The Morgan fingerprint density at radius 2 is 1.91 bits per heavy atom. The first-order valence-corrected chi connectivity index (χ1v) is 11.3. The monoisotopic (exact) mass is 481 g/mol. The number of carbonyl (C=O) groups is 3. The van der Waals surface area contributed by atoms with Crippen LogP contribution in [-0.4, -0.2) is 70.7 Å². The minimum atomic E-state index is -3.95. The predicted molar refractivity (Wildman–Crippen MR) is 112 cm³/mol. The Kier molecular flexibility index (Phi) is 8.03. The number of carbonyl (C=O) groups excluding carboxylic acids is 3. The molecule has 3 rings (SSSR count). The Morgan fingerprint density at radius 1 is 1.15 bits per heavy atom. The van der Waals surface area contributed by atoms with Crippen molar-refractivity contribution >= 4 is 27.9 Å². The summed E-state index contributed by atoms with van der Waals surface area (Å²) in [6.45, 7) is 0.175. The molecule has 1 saturated heterocycles. The fourth-order valence-corrected chi connectivity index (χ4v) is 4.52. The SMILES string of the molecule is COc1ccc(C(=O)OCC(=O)NC(=O)NCc2ccco2)cc1S(=O)(=O)N1CCOCC1. The fraction of sp³-hybridized carbons (Fsp3) is 0.350. The number of morpholine rings is 1. The van der Waals surface area contributed by atoms with Crippen LogP contribution in [0.25, 0.3) is 0 Å². The number of ether oxygens (including phenoxy) is 3. The lowest BCUT2D eigenvalue weighted by molar-refractivity contribution is -0.123. The normalized spacial score (nSPS) is 14.3. The van der Waals surface area contributed by atoms with E-state index in [1.807, 2.05) is 5.32 Å². The number of amides is 3. The summed E-state index contributed by atoms with van der Waals surface area (Å²) >= 11 is 0. The van der Waals surface area contributed by atoms with E-state index >= 15 is 0 Å². The largest absolute Gasteiger partial charge is 0.495 e. The first-order chi connectivity index (χ1) is 15.8. The maximum absolute atomic E-state index is 13.0. The second-order valence-corrected chi connectivity index (χ2v) is 8.67. The van der Waals surface area contributed by atoms with Crippen molar-refractivity contribution in [3.05, 3.63) is 47.9 Å². The highest BCUT2D eigenvalue weighted by atomic mass is 32.2. The topological polar surface area (TPSA) is 153 Å². The summed E-state index contributed by atoms with van der Waals surface area (Å²) in [5.74, 6) is -1.26. The molecule has 3 amide bonds. The highest BCUT2D eigenvalue weighted by molar-refractivity contribution is 7.89. The van der Waals surface area contributed by atoms with E-state index in [1.54, 1.807) is 12.1 Å². The molecule has 1 aromatic heterocycles. The number of nitrogens with zero attached hydrogens (tertiary/aromatic N) is 1. The van der Waals surface area contributed by atoms with Gasteiger partial charge in [0, 0.05) is 13.1 Å². The van der Waals surface area contributed by atoms with Gasteiger partial charge in [-0.1, -0.05) is 0 Å². The molecule has 1 aliphatic heterocycles. The average Bonchev–Trinajstić information content (AvgIpc) is 3.35. The molecule has 0 saturated carbocycles. The lowest BCUT2D eigenvalue weighted by Crippen LogP contribution is -2.41. The standard InChI is InChI=1S/C20H23N3O9S/c1-29-16-5-4-14(11-17(16)33(27,28)23-6-9-30-10-7-23)19(25)32-13-18(24)22-20(26)21-12-15-3-2-8-31-15/h2-5,8,11H,6-7,9-10,12-13H2,1H3,(H2,21,22,24,26). The molecule has 1 aromatic carbocycles. The molecule has 178 valence electrons. The van der Waals surface area contributed by atoms with Gasteiger partial charge in [0.2, 0.25) is 10.0 Å². The maximum Gasteiger partial charge on any atom is 0.338 e. The summed E-state index contributed by atoms with van der Waals surface area (Å²) in [6.07, 6.45) is 1.44. The van der Waals surface area contributed by atoms with Gasteiger partial charge in [-0.3, -0.25) is 10.1 Å². The summed E-state index contributed by atoms with van der Waals surface area (Å²) in [4.78, 5) is 35.8. The smallest absolute Gasteiger partial charge is 0.338 e. The van der Waals surface area contributed by atoms with Gasteiger partial charge in [-0.15, -0.1) is 0 Å². The van der Waals surface area contributed by atoms with E-state index in [0.29, 0.717) is 5.76 Å². The van der Waals surface area contributed by atoms with E-state index in [1.165, 1.54) is 29.8 Å². The van der Waals surface area contributed by atoms with Gasteiger partial charge in [0.05, 0.1) is 38.7 Å². The van der Waals surface area contributed by atoms with Crippen molar-refractivity contribution in [2.45, 2.75) is 11.4 Å². The van der Waals surface area contributed by atoms with Crippen molar-refractivity contribution < 1.29 is 41.4 Å². The lowest BCUT2D eigenvalue weighted by atomic mass is 10.2. The Balaban J connectivity index is 1.59. The Bertz CT molecular complexity index is 1090. The van der Waals surface area contributed by atoms with Gasteiger partial charge in [-0.25, -0.2) is 18.0 Å². The van der Waals surface area contributed by atoms with E-state index in [0.717, 1.165) is 6.07 Å². The second kappa shape index (κ2) is 10.9. The molecular weight excluding hydrogens is 458 g/mol. The Morgan fingerprint density at radius 3 is 2.58 bits per heavy atom. The lowest BCUT2D eigenvalue weighted by Gasteiger charge is -2.26. The number of hydrogen-bond donors (Lipinski definition) is 2. The van der Waals surface area contributed by atoms with Gasteiger partial charge < -0.3 is 23.9 Å². The number of furan rings is 1. The number of sulfonamides is 1. The number of rotatable bonds is 8. The molecule has 1 fully saturated rings. The third-order valence-electron chi connectivity index (χ3n) is 4.58. The number of methoxy groups -OCH3 is 1. The molecule has 0 atom stereocenters. The van der Waals surface area contributed by atoms with Crippen LogP contribution in [0.5, 0.6) is 5.75 Å². The highest BCUT2D eigenvalue weighted by Crippen LogP contribution is 2.28. The van der Waals surface area contributed by atoms with Crippen molar-refractivity contribution in [3.8, 4) is 5.75 Å². The number of esters is 1. The van der Waals surface area contributed by atoms with Crippen molar-refractivity contribution in [2.24, 2.45) is 0 Å². The van der Waals surface area contributed by atoms with Crippen molar-refractivity contribution in [1.82, 2.24) is 14.9 Å². The maximum atomic E-state index is 13.0. The number of benzene rings is 1. The minimum Gasteiger partial charge on any atom is -0.495 e. The Labute approximate surface area is 189 Å². The molecule has 12 nitrogen and oxygen atoms in total. The molecular formula is C20H23N3O9S. The van der Waals surface area contributed by atoms with E-state index in [2.05, 4.69) is 5.32 Å². The van der Waals surface area contributed by atoms with Crippen LogP contribution in [-0.2, 0) is 30.8 Å². The van der Waals surface area contributed by atoms with Crippen LogP contribution in [0.2, 0.25) is 0 Å². The van der Waals surface area contributed by atoms with Gasteiger partial charge in [0.25, 0.3) is 5.91 Å². The number of imide groups is 1. The summed E-state index contributed by atoms with van der Waals surface area (Å²) in [7, 11) is -2.64. The summed E-state index contributed by atoms with van der Waals surface area (Å²) in [5.41, 5.74) is -0.0993. The van der Waals surface area contributed by atoms with Crippen LogP contribution in [0.15, 0.2) is 45.9 Å². The highest BCUT2D eigenvalue weighted by Gasteiger charge is 2.30. The molecule has 33 heavy (non-hydrogen) atoms. The molecule has 0 aliphatic carbocycles. The first-order valence-electron chi connectivity index (χ1n) is 9.84. The molecule has 1 aliphatic rings. The Hall–Kier alpha value is -3.42.